The maximum absolute atomic E-state index is 11.5. The van der Waals surface area contributed by atoms with E-state index in [2.05, 4.69) is 10.5 Å². The van der Waals surface area contributed by atoms with E-state index in [9.17, 15) is 9.90 Å². The fourth-order valence-corrected chi connectivity index (χ4v) is 1.62. The Morgan fingerprint density at radius 1 is 1.29 bits per heavy atom. The summed E-state index contributed by atoms with van der Waals surface area (Å²) in [5, 5.41) is 13.6. The third-order valence-electron chi connectivity index (χ3n) is 2.46. The first-order valence-corrected chi connectivity index (χ1v) is 6.50. The van der Waals surface area contributed by atoms with Gasteiger partial charge in [0.25, 0.3) is 5.91 Å². The number of ether oxygens (including phenoxy) is 1. The van der Waals surface area contributed by atoms with Gasteiger partial charge in [-0.05, 0) is 42.0 Å². The van der Waals surface area contributed by atoms with Gasteiger partial charge >= 0.3 is 0 Å². The van der Waals surface area contributed by atoms with Gasteiger partial charge in [0.15, 0.2) is 6.61 Å². The topological polar surface area (TPSA) is 70.9 Å². The van der Waals surface area contributed by atoms with E-state index < -0.39 is 0 Å². The lowest BCUT2D eigenvalue weighted by Gasteiger charge is -2.04. The van der Waals surface area contributed by atoms with Crippen LogP contribution in [0.25, 0.3) is 0 Å². The number of carbonyl (C=O) groups excluding carboxylic acids is 1. The lowest BCUT2D eigenvalue weighted by molar-refractivity contribution is -0.123. The van der Waals surface area contributed by atoms with E-state index in [-0.39, 0.29) is 18.3 Å². The number of phenols is 1. The molecule has 0 aromatic heterocycles. The average Bonchev–Trinajstić information content (AvgIpc) is 2.47. The third kappa shape index (κ3) is 5.16. The molecule has 2 aromatic rings. The lowest BCUT2D eigenvalue weighted by atomic mass is 10.2. The first-order chi connectivity index (χ1) is 10.1. The second kappa shape index (κ2) is 7.31. The van der Waals surface area contributed by atoms with Crippen LogP contribution in [0.2, 0.25) is 5.02 Å². The van der Waals surface area contributed by atoms with Crippen LogP contribution in [-0.2, 0) is 4.79 Å². The monoisotopic (exact) mass is 304 g/mol. The van der Waals surface area contributed by atoms with Crippen molar-refractivity contribution in [3.63, 3.8) is 0 Å². The van der Waals surface area contributed by atoms with Gasteiger partial charge in [-0.3, -0.25) is 4.79 Å². The molecular weight excluding hydrogens is 292 g/mol. The highest BCUT2D eigenvalue weighted by Crippen LogP contribution is 2.15. The number of halogens is 1. The summed E-state index contributed by atoms with van der Waals surface area (Å²) in [5.41, 5.74) is 3.00. The van der Waals surface area contributed by atoms with Gasteiger partial charge in [0.1, 0.15) is 11.5 Å². The molecule has 0 radical (unpaired) electrons. The normalized spacial score (nSPS) is 10.5. The molecule has 0 atom stereocenters. The maximum atomic E-state index is 11.5. The number of nitrogens with one attached hydrogen (secondary N) is 1. The van der Waals surface area contributed by atoms with Crippen molar-refractivity contribution in [3.05, 3.63) is 59.1 Å². The molecule has 2 aromatic carbocycles. The predicted octanol–water partition coefficient (Wildman–Crippen LogP) is 2.57. The van der Waals surface area contributed by atoms with Gasteiger partial charge in [0.2, 0.25) is 0 Å². The van der Waals surface area contributed by atoms with Crippen LogP contribution in [0.3, 0.4) is 0 Å². The number of hydrazone groups is 1. The number of phenolic OH excluding ortho intramolecular Hbond substituents is 1. The molecule has 0 bridgehead atoms. The largest absolute Gasteiger partial charge is 0.508 e. The molecule has 2 N–H and O–H groups in total. The Bertz CT molecular complexity index is 642. The number of hydrogen-bond donors (Lipinski definition) is 2. The first-order valence-electron chi connectivity index (χ1n) is 6.13. The van der Waals surface area contributed by atoms with Crippen LogP contribution in [0.1, 0.15) is 5.56 Å². The van der Waals surface area contributed by atoms with Gasteiger partial charge in [-0.2, -0.15) is 5.10 Å². The van der Waals surface area contributed by atoms with Crippen LogP contribution < -0.4 is 10.2 Å². The zero-order valence-corrected chi connectivity index (χ0v) is 11.7. The Morgan fingerprint density at radius 2 is 2.05 bits per heavy atom. The van der Waals surface area contributed by atoms with E-state index in [4.69, 9.17) is 16.3 Å². The summed E-state index contributed by atoms with van der Waals surface area (Å²) < 4.78 is 5.26. The molecule has 0 aliphatic heterocycles. The number of carbonyl (C=O) groups is 1. The van der Waals surface area contributed by atoms with Crippen molar-refractivity contribution in [2.45, 2.75) is 0 Å². The SMILES string of the molecule is O=C(COc1ccc(Cl)cc1)N/N=C/c1cccc(O)c1. The van der Waals surface area contributed by atoms with Crippen molar-refractivity contribution in [2.75, 3.05) is 6.61 Å². The predicted molar refractivity (Wildman–Crippen MR) is 80.8 cm³/mol. The first kappa shape index (κ1) is 14.9. The molecule has 108 valence electrons. The summed E-state index contributed by atoms with van der Waals surface area (Å²) in [6.07, 6.45) is 1.43. The summed E-state index contributed by atoms with van der Waals surface area (Å²) in [4.78, 5) is 11.5. The summed E-state index contributed by atoms with van der Waals surface area (Å²) in [7, 11) is 0. The van der Waals surface area contributed by atoms with Gasteiger partial charge in [-0.25, -0.2) is 5.43 Å². The van der Waals surface area contributed by atoms with Crippen LogP contribution in [0, 0.1) is 0 Å². The number of rotatable bonds is 5. The second-order valence-electron chi connectivity index (χ2n) is 4.13. The molecule has 0 aliphatic rings. The maximum Gasteiger partial charge on any atom is 0.277 e. The molecule has 2 rings (SSSR count). The summed E-state index contributed by atoms with van der Waals surface area (Å²) in [6, 6.07) is 13.2. The number of aromatic hydroxyl groups is 1. The summed E-state index contributed by atoms with van der Waals surface area (Å²) in [6.45, 7) is -0.154. The van der Waals surface area contributed by atoms with Crippen LogP contribution in [0.4, 0.5) is 0 Å². The van der Waals surface area contributed by atoms with E-state index in [0.717, 1.165) is 0 Å². The quantitative estimate of drug-likeness (QED) is 0.659. The minimum absolute atomic E-state index is 0.136. The van der Waals surface area contributed by atoms with E-state index in [1.165, 1.54) is 12.3 Å². The molecule has 0 heterocycles. The third-order valence-corrected chi connectivity index (χ3v) is 2.71. The van der Waals surface area contributed by atoms with Crippen molar-refractivity contribution in [3.8, 4) is 11.5 Å². The number of hydrogen-bond acceptors (Lipinski definition) is 4. The summed E-state index contributed by atoms with van der Waals surface area (Å²) >= 11 is 5.74. The van der Waals surface area contributed by atoms with Gasteiger partial charge in [-0.1, -0.05) is 23.7 Å². The van der Waals surface area contributed by atoms with E-state index in [1.54, 1.807) is 42.5 Å². The Morgan fingerprint density at radius 3 is 2.76 bits per heavy atom. The molecule has 0 saturated carbocycles. The summed E-state index contributed by atoms with van der Waals surface area (Å²) in [5.74, 6) is 0.296. The fraction of sp³-hybridized carbons (Fsp3) is 0.0667. The van der Waals surface area contributed by atoms with Crippen LogP contribution in [0.5, 0.6) is 11.5 Å². The Kier molecular flexibility index (Phi) is 5.17. The van der Waals surface area contributed by atoms with Crippen molar-refractivity contribution >= 4 is 23.7 Å². The molecule has 0 saturated heterocycles. The molecular formula is C15H13ClN2O3. The minimum atomic E-state index is -0.388. The molecule has 21 heavy (non-hydrogen) atoms. The Hall–Kier alpha value is -2.53. The molecule has 0 aliphatic carbocycles. The highest BCUT2D eigenvalue weighted by molar-refractivity contribution is 6.30. The smallest absolute Gasteiger partial charge is 0.277 e. The number of amides is 1. The van der Waals surface area contributed by atoms with Crippen LogP contribution >= 0.6 is 11.6 Å². The molecule has 1 amide bonds. The van der Waals surface area contributed by atoms with Crippen molar-refractivity contribution < 1.29 is 14.6 Å². The van der Waals surface area contributed by atoms with Crippen molar-refractivity contribution in [1.82, 2.24) is 5.43 Å². The number of nitrogens with zero attached hydrogens (tertiary/aromatic N) is 1. The average molecular weight is 305 g/mol. The van der Waals surface area contributed by atoms with Crippen molar-refractivity contribution in [1.29, 1.82) is 0 Å². The molecule has 6 heteroatoms. The fourth-order valence-electron chi connectivity index (χ4n) is 1.50. The lowest BCUT2D eigenvalue weighted by Crippen LogP contribution is -2.24. The van der Waals surface area contributed by atoms with Gasteiger partial charge in [-0.15, -0.1) is 0 Å². The van der Waals surface area contributed by atoms with Crippen LogP contribution in [-0.4, -0.2) is 23.8 Å². The zero-order valence-electron chi connectivity index (χ0n) is 11.0. The van der Waals surface area contributed by atoms with Crippen molar-refractivity contribution in [2.24, 2.45) is 5.10 Å². The molecule has 0 unspecified atom stereocenters. The Balaban J connectivity index is 1.78. The van der Waals surface area contributed by atoms with E-state index in [0.29, 0.717) is 16.3 Å². The molecule has 0 spiro atoms. The van der Waals surface area contributed by atoms with Gasteiger partial charge in [0.05, 0.1) is 6.21 Å². The standard InChI is InChI=1S/C15H13ClN2O3/c16-12-4-6-14(7-5-12)21-10-15(20)18-17-9-11-2-1-3-13(19)8-11/h1-9,19H,10H2,(H,18,20)/b17-9+. The van der Waals surface area contributed by atoms with Crippen LogP contribution in [0.15, 0.2) is 53.6 Å². The minimum Gasteiger partial charge on any atom is -0.508 e. The van der Waals surface area contributed by atoms with E-state index in [1.807, 2.05) is 0 Å². The van der Waals surface area contributed by atoms with Gasteiger partial charge < -0.3 is 9.84 Å². The van der Waals surface area contributed by atoms with Gasteiger partial charge in [0, 0.05) is 5.02 Å². The number of benzene rings is 2. The molecule has 5 nitrogen and oxygen atoms in total. The highest BCUT2D eigenvalue weighted by Gasteiger charge is 2.01. The molecule has 0 fully saturated rings. The highest BCUT2D eigenvalue weighted by atomic mass is 35.5. The van der Waals surface area contributed by atoms with E-state index >= 15 is 0 Å². The second-order valence-corrected chi connectivity index (χ2v) is 4.57. The zero-order chi connectivity index (χ0) is 15.1. The Labute approximate surface area is 126 Å².